The Balaban J connectivity index is 2.75. The lowest BCUT2D eigenvalue weighted by Gasteiger charge is -2.21. The van der Waals surface area contributed by atoms with Crippen molar-refractivity contribution in [2.24, 2.45) is 11.8 Å². The molecular weight excluding hydrogens is 210 g/mol. The maximum Gasteiger partial charge on any atom is 0.322 e. The Morgan fingerprint density at radius 1 is 1.19 bits per heavy atom. The van der Waals surface area contributed by atoms with Gasteiger partial charge < -0.3 is 14.8 Å². The van der Waals surface area contributed by atoms with Crippen molar-refractivity contribution >= 4 is 11.9 Å². The maximum atomic E-state index is 11.6. The zero-order valence-electron chi connectivity index (χ0n) is 10.1. The second-order valence-electron chi connectivity index (χ2n) is 4.38. The molecule has 0 amide bonds. The number of carbonyl (C=O) groups excluding carboxylic acids is 2. The summed E-state index contributed by atoms with van der Waals surface area (Å²) in [5.74, 6) is -0.595. The molecule has 0 radical (unpaired) electrons. The fourth-order valence-corrected chi connectivity index (χ4v) is 2.17. The third kappa shape index (κ3) is 2.52. The van der Waals surface area contributed by atoms with Crippen LogP contribution in [-0.4, -0.2) is 38.2 Å². The van der Waals surface area contributed by atoms with Crippen LogP contribution in [0.4, 0.5) is 0 Å². The van der Waals surface area contributed by atoms with E-state index < -0.39 is 6.04 Å². The van der Waals surface area contributed by atoms with Crippen molar-refractivity contribution in [3.05, 3.63) is 0 Å². The highest BCUT2D eigenvalue weighted by Gasteiger charge is 2.43. The lowest BCUT2D eigenvalue weighted by molar-refractivity contribution is -0.146. The molecule has 92 valence electrons. The van der Waals surface area contributed by atoms with Gasteiger partial charge >= 0.3 is 11.9 Å². The van der Waals surface area contributed by atoms with Gasteiger partial charge in [0, 0.05) is 6.04 Å². The molecule has 0 saturated carbocycles. The van der Waals surface area contributed by atoms with Crippen LogP contribution in [0.25, 0.3) is 0 Å². The molecule has 5 nitrogen and oxygen atoms in total. The minimum Gasteiger partial charge on any atom is -0.469 e. The van der Waals surface area contributed by atoms with Crippen molar-refractivity contribution in [1.29, 1.82) is 0 Å². The van der Waals surface area contributed by atoms with Gasteiger partial charge in [-0.3, -0.25) is 9.59 Å². The molecule has 0 bridgehead atoms. The van der Waals surface area contributed by atoms with Gasteiger partial charge in [-0.05, 0) is 12.3 Å². The number of carbonyl (C=O) groups is 2. The van der Waals surface area contributed by atoms with Crippen LogP contribution in [0.15, 0.2) is 0 Å². The van der Waals surface area contributed by atoms with Gasteiger partial charge in [0.25, 0.3) is 0 Å². The number of esters is 2. The monoisotopic (exact) mass is 229 g/mol. The van der Waals surface area contributed by atoms with Gasteiger partial charge in [0.15, 0.2) is 0 Å². The summed E-state index contributed by atoms with van der Waals surface area (Å²) in [5, 5.41) is 3.13. The van der Waals surface area contributed by atoms with E-state index in [1.54, 1.807) is 0 Å². The molecule has 3 atom stereocenters. The molecule has 1 rings (SSSR count). The molecule has 1 aliphatic heterocycles. The van der Waals surface area contributed by atoms with E-state index in [-0.39, 0.29) is 29.8 Å². The van der Waals surface area contributed by atoms with E-state index >= 15 is 0 Å². The standard InChI is InChI=1S/C11H19NO4/c1-6(2)9-7(10(13)15-3)5-8(12-9)11(14)16-4/h6-9,12H,5H2,1-4H3/t7-,8+,9+/m0/s1. The Hall–Kier alpha value is -1.10. The zero-order valence-corrected chi connectivity index (χ0v) is 10.1. The van der Waals surface area contributed by atoms with Crippen molar-refractivity contribution in [1.82, 2.24) is 5.32 Å². The van der Waals surface area contributed by atoms with E-state index in [0.717, 1.165) is 0 Å². The summed E-state index contributed by atoms with van der Waals surface area (Å²) < 4.78 is 9.42. The zero-order chi connectivity index (χ0) is 12.3. The topological polar surface area (TPSA) is 64.6 Å². The van der Waals surface area contributed by atoms with E-state index in [1.165, 1.54) is 14.2 Å². The largest absolute Gasteiger partial charge is 0.469 e. The van der Waals surface area contributed by atoms with Crippen LogP contribution in [0.1, 0.15) is 20.3 Å². The second kappa shape index (κ2) is 5.30. The minimum atomic E-state index is -0.401. The number of hydrogen-bond donors (Lipinski definition) is 1. The number of ether oxygens (including phenoxy) is 2. The molecule has 1 aliphatic rings. The van der Waals surface area contributed by atoms with Crippen LogP contribution in [0.3, 0.4) is 0 Å². The van der Waals surface area contributed by atoms with Gasteiger partial charge in [-0.2, -0.15) is 0 Å². The quantitative estimate of drug-likeness (QED) is 0.707. The summed E-state index contributed by atoms with van der Waals surface area (Å²) in [7, 11) is 2.71. The molecule has 1 fully saturated rings. The minimum absolute atomic E-state index is 0.0310. The molecule has 0 aromatic heterocycles. The summed E-state index contributed by atoms with van der Waals surface area (Å²) in [4.78, 5) is 23.0. The smallest absolute Gasteiger partial charge is 0.322 e. The summed E-state index contributed by atoms with van der Waals surface area (Å²) >= 11 is 0. The Labute approximate surface area is 95.5 Å². The van der Waals surface area contributed by atoms with E-state index in [1.807, 2.05) is 13.8 Å². The van der Waals surface area contributed by atoms with Gasteiger partial charge in [-0.25, -0.2) is 0 Å². The van der Waals surface area contributed by atoms with Gasteiger partial charge in [-0.15, -0.1) is 0 Å². The highest BCUT2D eigenvalue weighted by Crippen LogP contribution is 2.27. The van der Waals surface area contributed by atoms with Crippen LogP contribution in [0, 0.1) is 11.8 Å². The van der Waals surface area contributed by atoms with Crippen LogP contribution < -0.4 is 5.32 Å². The fraction of sp³-hybridized carbons (Fsp3) is 0.818. The Morgan fingerprint density at radius 3 is 2.19 bits per heavy atom. The lowest BCUT2D eigenvalue weighted by Crippen LogP contribution is -2.40. The van der Waals surface area contributed by atoms with Crippen LogP contribution in [0.5, 0.6) is 0 Å². The average Bonchev–Trinajstić information content (AvgIpc) is 2.71. The van der Waals surface area contributed by atoms with E-state index in [0.29, 0.717) is 6.42 Å². The highest BCUT2D eigenvalue weighted by molar-refractivity contribution is 5.80. The first kappa shape index (κ1) is 13.0. The molecule has 5 heteroatoms. The third-order valence-electron chi connectivity index (χ3n) is 3.02. The second-order valence-corrected chi connectivity index (χ2v) is 4.38. The molecule has 16 heavy (non-hydrogen) atoms. The van der Waals surface area contributed by atoms with Crippen LogP contribution in [-0.2, 0) is 19.1 Å². The van der Waals surface area contributed by atoms with E-state index in [2.05, 4.69) is 10.1 Å². The first-order chi connectivity index (χ1) is 7.51. The summed E-state index contributed by atoms with van der Waals surface area (Å²) in [6.07, 6.45) is 0.447. The molecule has 1 heterocycles. The Kier molecular flexibility index (Phi) is 4.29. The van der Waals surface area contributed by atoms with Gasteiger partial charge in [0.05, 0.1) is 20.1 Å². The molecule has 1 N–H and O–H groups in total. The van der Waals surface area contributed by atoms with Crippen molar-refractivity contribution in [2.75, 3.05) is 14.2 Å². The SMILES string of the molecule is COC(=O)[C@H]1C[C@H](C(=O)OC)N[C@@H]1C(C)C. The number of nitrogens with one attached hydrogen (secondary N) is 1. The molecular formula is C11H19NO4. The summed E-state index contributed by atoms with van der Waals surface area (Å²) in [6.45, 7) is 4.01. The van der Waals surface area contributed by atoms with Crippen LogP contribution >= 0.6 is 0 Å². The summed E-state index contributed by atoms with van der Waals surface area (Å²) in [6, 6.07) is -0.432. The average molecular weight is 229 g/mol. The van der Waals surface area contributed by atoms with Gasteiger partial charge in [-0.1, -0.05) is 13.8 Å². The predicted octanol–water partition coefficient (Wildman–Crippen LogP) is 0.335. The molecule has 0 unspecified atom stereocenters. The normalized spacial score (nSPS) is 29.2. The van der Waals surface area contributed by atoms with Crippen molar-refractivity contribution in [3.8, 4) is 0 Å². The molecule has 0 spiro atoms. The third-order valence-corrected chi connectivity index (χ3v) is 3.02. The summed E-state index contributed by atoms with van der Waals surface area (Å²) in [5.41, 5.74) is 0. The number of rotatable bonds is 3. The fourth-order valence-electron chi connectivity index (χ4n) is 2.17. The highest BCUT2D eigenvalue weighted by atomic mass is 16.5. The van der Waals surface area contributed by atoms with E-state index in [4.69, 9.17) is 4.74 Å². The first-order valence-electron chi connectivity index (χ1n) is 5.43. The van der Waals surface area contributed by atoms with E-state index in [9.17, 15) is 9.59 Å². The van der Waals surface area contributed by atoms with Gasteiger partial charge in [0.1, 0.15) is 6.04 Å². The Morgan fingerprint density at radius 2 is 1.75 bits per heavy atom. The lowest BCUT2D eigenvalue weighted by atomic mass is 9.91. The van der Waals surface area contributed by atoms with Crippen molar-refractivity contribution in [2.45, 2.75) is 32.4 Å². The van der Waals surface area contributed by atoms with Crippen molar-refractivity contribution < 1.29 is 19.1 Å². The van der Waals surface area contributed by atoms with Crippen LogP contribution in [0.2, 0.25) is 0 Å². The first-order valence-corrected chi connectivity index (χ1v) is 5.43. The van der Waals surface area contributed by atoms with Crippen molar-refractivity contribution in [3.63, 3.8) is 0 Å². The Bertz CT molecular complexity index is 277. The maximum absolute atomic E-state index is 11.6. The molecule has 0 aliphatic carbocycles. The number of hydrogen-bond acceptors (Lipinski definition) is 5. The molecule has 0 aromatic rings. The number of methoxy groups -OCH3 is 2. The molecule has 0 aromatic carbocycles. The van der Waals surface area contributed by atoms with Gasteiger partial charge in [0.2, 0.25) is 0 Å². The molecule has 1 saturated heterocycles. The predicted molar refractivity (Wildman–Crippen MR) is 57.7 cm³/mol.